The van der Waals surface area contributed by atoms with Crippen LogP contribution in [0.5, 0.6) is 5.75 Å². The van der Waals surface area contributed by atoms with Gasteiger partial charge in [0.2, 0.25) is 5.89 Å². The zero-order valence-corrected chi connectivity index (χ0v) is 17.3. The van der Waals surface area contributed by atoms with Gasteiger partial charge in [0, 0.05) is 16.3 Å². The third kappa shape index (κ3) is 4.27. The van der Waals surface area contributed by atoms with Gasteiger partial charge >= 0.3 is 0 Å². The number of phenols is 1. The van der Waals surface area contributed by atoms with Gasteiger partial charge in [0.05, 0.1) is 5.56 Å². The molecule has 3 N–H and O–H groups in total. The summed E-state index contributed by atoms with van der Waals surface area (Å²) in [7, 11) is 0. The average Bonchev–Trinajstić information content (AvgIpc) is 3.12. The highest BCUT2D eigenvalue weighted by Gasteiger charge is 2.14. The number of benzene rings is 3. The predicted molar refractivity (Wildman–Crippen MR) is 121 cm³/mol. The van der Waals surface area contributed by atoms with E-state index < -0.39 is 0 Å². The van der Waals surface area contributed by atoms with Gasteiger partial charge in [0.1, 0.15) is 11.3 Å². The molecule has 0 unspecified atom stereocenters. The van der Waals surface area contributed by atoms with Gasteiger partial charge in [-0.15, -0.1) is 0 Å². The molecule has 1 heterocycles. The largest absolute Gasteiger partial charge is 0.507 e. The van der Waals surface area contributed by atoms with Crippen LogP contribution in [-0.2, 0) is 0 Å². The molecule has 150 valence electrons. The molecule has 3 aromatic carbocycles. The van der Waals surface area contributed by atoms with E-state index >= 15 is 0 Å². The second kappa shape index (κ2) is 8.14. The highest BCUT2D eigenvalue weighted by molar-refractivity contribution is 7.80. The molecule has 4 rings (SSSR count). The van der Waals surface area contributed by atoms with Crippen molar-refractivity contribution in [3.05, 3.63) is 76.8 Å². The molecule has 0 radical (unpaired) electrons. The summed E-state index contributed by atoms with van der Waals surface area (Å²) in [6, 6.07) is 17.0. The summed E-state index contributed by atoms with van der Waals surface area (Å²) in [5, 5.41) is 16.4. The maximum atomic E-state index is 12.3. The van der Waals surface area contributed by atoms with Crippen LogP contribution < -0.4 is 10.6 Å². The summed E-state index contributed by atoms with van der Waals surface area (Å²) in [4.78, 5) is 16.8. The molecular formula is C22H16ClN3O3S. The monoisotopic (exact) mass is 437 g/mol. The number of anilines is 1. The maximum absolute atomic E-state index is 12.3. The van der Waals surface area contributed by atoms with Crippen molar-refractivity contribution < 1.29 is 14.3 Å². The van der Waals surface area contributed by atoms with E-state index in [9.17, 15) is 9.90 Å². The Hall–Kier alpha value is -3.42. The Morgan fingerprint density at radius 1 is 1.13 bits per heavy atom. The number of aryl methyl sites for hydroxylation is 1. The first kappa shape index (κ1) is 19.9. The second-order valence-electron chi connectivity index (χ2n) is 6.64. The molecule has 8 heteroatoms. The number of rotatable bonds is 3. The summed E-state index contributed by atoms with van der Waals surface area (Å²) in [5.41, 5.74) is 3.72. The fourth-order valence-electron chi connectivity index (χ4n) is 2.91. The van der Waals surface area contributed by atoms with Crippen LogP contribution in [0.15, 0.2) is 65.1 Å². The summed E-state index contributed by atoms with van der Waals surface area (Å²) >= 11 is 11.1. The second-order valence-corrected chi connectivity index (χ2v) is 7.49. The van der Waals surface area contributed by atoms with Crippen LogP contribution in [0.25, 0.3) is 22.6 Å². The normalized spacial score (nSPS) is 10.7. The number of aromatic nitrogens is 1. The molecule has 0 aliphatic carbocycles. The van der Waals surface area contributed by atoms with E-state index in [1.165, 1.54) is 6.07 Å². The van der Waals surface area contributed by atoms with Gasteiger partial charge in [-0.1, -0.05) is 23.7 Å². The van der Waals surface area contributed by atoms with Crippen molar-refractivity contribution in [2.75, 3.05) is 5.32 Å². The van der Waals surface area contributed by atoms with Crippen LogP contribution in [-0.4, -0.2) is 21.1 Å². The van der Waals surface area contributed by atoms with E-state index in [4.69, 9.17) is 28.2 Å². The lowest BCUT2D eigenvalue weighted by atomic mass is 10.1. The van der Waals surface area contributed by atoms with Gasteiger partial charge in [-0.2, -0.15) is 0 Å². The Bertz CT molecular complexity index is 1290. The lowest BCUT2D eigenvalue weighted by Gasteiger charge is -2.11. The van der Waals surface area contributed by atoms with Crippen molar-refractivity contribution in [1.82, 2.24) is 10.3 Å². The van der Waals surface area contributed by atoms with E-state index in [-0.39, 0.29) is 22.7 Å². The van der Waals surface area contributed by atoms with E-state index in [0.717, 1.165) is 5.56 Å². The number of carbonyl (C=O) groups excluding carboxylic acids is 1. The van der Waals surface area contributed by atoms with E-state index in [1.54, 1.807) is 36.4 Å². The molecule has 0 saturated carbocycles. The topological polar surface area (TPSA) is 87.4 Å². The zero-order chi connectivity index (χ0) is 21.3. The Morgan fingerprint density at radius 2 is 1.97 bits per heavy atom. The summed E-state index contributed by atoms with van der Waals surface area (Å²) < 4.78 is 5.77. The van der Waals surface area contributed by atoms with Gasteiger partial charge in [0.15, 0.2) is 10.7 Å². The first-order valence-corrected chi connectivity index (χ1v) is 9.76. The standard InChI is InChI=1S/C22H16ClN3O3S/c1-12-5-8-19-17(9-12)25-21(29-19)16-11-15(6-7-18(16)27)24-22(30)26-20(28)13-3-2-4-14(23)10-13/h2-11,27H,1H3,(H2,24,26,28,30). The van der Waals surface area contributed by atoms with Crippen LogP contribution in [0.2, 0.25) is 5.02 Å². The molecular weight excluding hydrogens is 422 g/mol. The number of fused-ring (bicyclic) bond motifs is 1. The van der Waals surface area contributed by atoms with E-state index in [0.29, 0.717) is 32.9 Å². The Labute approximate surface area is 182 Å². The number of thiocarbonyl (C=S) groups is 1. The van der Waals surface area contributed by atoms with Gasteiger partial charge < -0.3 is 14.8 Å². The smallest absolute Gasteiger partial charge is 0.257 e. The molecule has 0 saturated heterocycles. The Balaban J connectivity index is 1.54. The summed E-state index contributed by atoms with van der Waals surface area (Å²) in [5.74, 6) is -0.0911. The van der Waals surface area contributed by atoms with Crippen LogP contribution in [0.3, 0.4) is 0 Å². The van der Waals surface area contributed by atoms with Gasteiger partial charge in [0.25, 0.3) is 5.91 Å². The van der Waals surface area contributed by atoms with Gasteiger partial charge in [-0.3, -0.25) is 10.1 Å². The highest BCUT2D eigenvalue weighted by Crippen LogP contribution is 2.33. The number of halogens is 1. The molecule has 0 fully saturated rings. The van der Waals surface area contributed by atoms with Crippen LogP contribution in [0, 0.1) is 6.92 Å². The number of carbonyl (C=O) groups is 1. The van der Waals surface area contributed by atoms with Gasteiger partial charge in [-0.25, -0.2) is 4.98 Å². The molecule has 0 spiro atoms. The highest BCUT2D eigenvalue weighted by atomic mass is 35.5. The molecule has 0 bridgehead atoms. The maximum Gasteiger partial charge on any atom is 0.257 e. The number of nitrogens with zero attached hydrogens (tertiary/aromatic N) is 1. The van der Waals surface area contributed by atoms with Gasteiger partial charge in [-0.05, 0) is 73.2 Å². The third-order valence-electron chi connectivity index (χ3n) is 4.34. The lowest BCUT2D eigenvalue weighted by molar-refractivity contribution is 0.0977. The Kier molecular flexibility index (Phi) is 5.39. The number of hydrogen-bond donors (Lipinski definition) is 3. The van der Waals surface area contributed by atoms with Crippen molar-refractivity contribution >= 4 is 51.6 Å². The quantitative estimate of drug-likeness (QED) is 0.298. The van der Waals surface area contributed by atoms with Crippen molar-refractivity contribution in [3.63, 3.8) is 0 Å². The SMILES string of the molecule is Cc1ccc2oc(-c3cc(NC(=S)NC(=O)c4cccc(Cl)c4)ccc3O)nc2c1. The minimum absolute atomic E-state index is 0.0118. The molecule has 30 heavy (non-hydrogen) atoms. The molecule has 1 aromatic heterocycles. The van der Waals surface area contributed by atoms with Crippen LogP contribution >= 0.6 is 23.8 Å². The van der Waals surface area contributed by atoms with Crippen LogP contribution in [0.1, 0.15) is 15.9 Å². The summed E-state index contributed by atoms with van der Waals surface area (Å²) in [6.45, 7) is 1.97. The average molecular weight is 438 g/mol. The predicted octanol–water partition coefficient (Wildman–Crippen LogP) is 5.29. The van der Waals surface area contributed by atoms with Crippen molar-refractivity contribution in [2.45, 2.75) is 6.92 Å². The van der Waals surface area contributed by atoms with E-state index in [2.05, 4.69) is 15.6 Å². The Morgan fingerprint density at radius 3 is 2.77 bits per heavy atom. The number of oxazole rings is 1. The fraction of sp³-hybridized carbons (Fsp3) is 0.0455. The number of aromatic hydroxyl groups is 1. The minimum Gasteiger partial charge on any atom is -0.507 e. The van der Waals surface area contributed by atoms with Crippen molar-refractivity contribution in [3.8, 4) is 17.2 Å². The third-order valence-corrected chi connectivity index (χ3v) is 4.78. The van der Waals surface area contributed by atoms with Crippen molar-refractivity contribution in [2.24, 2.45) is 0 Å². The molecule has 1 amide bonds. The lowest BCUT2D eigenvalue weighted by Crippen LogP contribution is -2.34. The number of phenolic OH excluding ortho intramolecular Hbond substituents is 1. The number of amides is 1. The molecule has 0 aliphatic rings. The van der Waals surface area contributed by atoms with Crippen LogP contribution in [0.4, 0.5) is 5.69 Å². The number of nitrogens with one attached hydrogen (secondary N) is 2. The summed E-state index contributed by atoms with van der Waals surface area (Å²) in [6.07, 6.45) is 0. The first-order valence-electron chi connectivity index (χ1n) is 8.97. The zero-order valence-electron chi connectivity index (χ0n) is 15.8. The molecule has 0 aliphatic heterocycles. The fourth-order valence-corrected chi connectivity index (χ4v) is 3.31. The van der Waals surface area contributed by atoms with E-state index in [1.807, 2.05) is 25.1 Å². The first-order chi connectivity index (χ1) is 14.4. The number of hydrogen-bond acceptors (Lipinski definition) is 5. The molecule has 6 nitrogen and oxygen atoms in total. The minimum atomic E-state index is -0.386. The molecule has 4 aromatic rings. The molecule has 0 atom stereocenters. The van der Waals surface area contributed by atoms with Crippen molar-refractivity contribution in [1.29, 1.82) is 0 Å².